The lowest BCUT2D eigenvalue weighted by atomic mass is 9.83. The van der Waals surface area contributed by atoms with E-state index >= 15 is 0 Å². The Morgan fingerprint density at radius 2 is 1.59 bits per heavy atom. The zero-order chi connectivity index (χ0) is 20.6. The van der Waals surface area contributed by atoms with Crippen LogP contribution >= 0.6 is 11.6 Å². The van der Waals surface area contributed by atoms with Crippen LogP contribution in [0.2, 0.25) is 5.02 Å². The average molecular weight is 426 g/mol. The summed E-state index contributed by atoms with van der Waals surface area (Å²) in [5, 5.41) is 5.68. The maximum atomic E-state index is 12.2. The van der Waals surface area contributed by atoms with Crippen molar-refractivity contribution in [2.75, 3.05) is 0 Å². The molecule has 0 radical (unpaired) electrons. The smallest absolute Gasteiger partial charge is 0.238 e. The van der Waals surface area contributed by atoms with E-state index in [1.807, 2.05) is 30.3 Å². The second-order valence-corrected chi connectivity index (χ2v) is 8.51. The van der Waals surface area contributed by atoms with Crippen LogP contribution in [0.4, 0.5) is 0 Å². The largest absolute Gasteiger partial charge is 0.456 e. The van der Waals surface area contributed by atoms with Gasteiger partial charge in [-0.2, -0.15) is 0 Å². The van der Waals surface area contributed by atoms with Gasteiger partial charge in [-0.1, -0.05) is 48.0 Å². The van der Waals surface area contributed by atoms with Crippen LogP contribution in [-0.2, 0) is 14.8 Å². The van der Waals surface area contributed by atoms with Gasteiger partial charge in [0.1, 0.15) is 17.8 Å². The molecule has 2 N–H and O–H groups in total. The van der Waals surface area contributed by atoms with Crippen molar-refractivity contribution in [1.82, 2.24) is 0 Å². The van der Waals surface area contributed by atoms with Gasteiger partial charge < -0.3 is 9.53 Å². The van der Waals surface area contributed by atoms with Crippen LogP contribution in [0.1, 0.15) is 22.6 Å². The van der Waals surface area contributed by atoms with Crippen LogP contribution in [0, 0.1) is 0 Å². The van der Waals surface area contributed by atoms with Gasteiger partial charge in [0.25, 0.3) is 0 Å². The third kappa shape index (κ3) is 3.58. The van der Waals surface area contributed by atoms with Crippen molar-refractivity contribution >= 4 is 39.2 Å². The van der Waals surface area contributed by atoms with Gasteiger partial charge in [0.15, 0.2) is 0 Å². The quantitative estimate of drug-likeness (QED) is 0.633. The van der Waals surface area contributed by atoms with Gasteiger partial charge in [0.2, 0.25) is 10.0 Å². The van der Waals surface area contributed by atoms with Crippen molar-refractivity contribution < 1.29 is 17.9 Å². The minimum atomic E-state index is -3.82. The van der Waals surface area contributed by atoms with Crippen LogP contribution in [0.5, 0.6) is 5.75 Å². The molecule has 0 spiro atoms. The number of para-hydroxylation sites is 1. The fraction of sp³-hybridized carbons (Fsp3) is 0.0455. The van der Waals surface area contributed by atoms with E-state index in [1.165, 1.54) is 12.1 Å². The molecule has 5 nitrogen and oxygen atoms in total. The summed E-state index contributed by atoms with van der Waals surface area (Å²) in [5.41, 5.74) is 2.63. The third-order valence-electron chi connectivity index (χ3n) is 4.77. The number of benzene rings is 3. The van der Waals surface area contributed by atoms with Gasteiger partial charge in [-0.25, -0.2) is 13.6 Å². The van der Waals surface area contributed by atoms with E-state index in [-0.39, 0.29) is 4.90 Å². The minimum Gasteiger partial charge on any atom is -0.456 e. The summed E-state index contributed by atoms with van der Waals surface area (Å²) in [4.78, 5) is 12.1. The van der Waals surface area contributed by atoms with E-state index in [1.54, 1.807) is 30.3 Å². The number of primary sulfonamides is 1. The molecule has 1 aliphatic rings. The van der Waals surface area contributed by atoms with E-state index in [0.717, 1.165) is 11.8 Å². The molecule has 4 rings (SSSR count). The van der Waals surface area contributed by atoms with Gasteiger partial charge in [-0.05, 0) is 36.4 Å². The van der Waals surface area contributed by atoms with Crippen molar-refractivity contribution in [3.05, 3.63) is 94.5 Å². The maximum Gasteiger partial charge on any atom is 0.238 e. The average Bonchev–Trinajstić information content (AvgIpc) is 2.72. The summed E-state index contributed by atoms with van der Waals surface area (Å²) in [6.07, 6.45) is 0.860. The van der Waals surface area contributed by atoms with E-state index < -0.39 is 15.9 Å². The minimum absolute atomic E-state index is 0.00992. The number of allylic oxidation sites excluding steroid dienone is 1. The van der Waals surface area contributed by atoms with Crippen molar-refractivity contribution in [2.45, 2.75) is 10.8 Å². The molecule has 1 aliphatic heterocycles. The molecule has 0 saturated carbocycles. The summed E-state index contributed by atoms with van der Waals surface area (Å²) in [5.74, 6) is 0.411. The van der Waals surface area contributed by atoms with Gasteiger partial charge in [0.05, 0.1) is 10.8 Å². The van der Waals surface area contributed by atoms with Crippen LogP contribution in [0.3, 0.4) is 0 Å². The Labute approximate surface area is 173 Å². The Morgan fingerprint density at radius 1 is 0.931 bits per heavy atom. The Balaban J connectivity index is 1.98. The SMILES string of the molecule is NS(=O)(=O)c1ccc(C2=C(c3ccccc3Cl)C(C=O)c3ccccc3O2)cc1. The Kier molecular flexibility index (Phi) is 5.00. The number of carbonyl (C=O) groups excluding carboxylic acids is 1. The molecule has 1 atom stereocenters. The Hall–Kier alpha value is -2.93. The number of halogens is 1. The molecule has 3 aromatic rings. The first kappa shape index (κ1) is 19.4. The summed E-state index contributed by atoms with van der Waals surface area (Å²) in [6, 6.07) is 20.5. The number of hydrogen-bond acceptors (Lipinski definition) is 4. The summed E-state index contributed by atoms with van der Waals surface area (Å²) in [7, 11) is -3.82. The fourth-order valence-electron chi connectivity index (χ4n) is 3.41. The van der Waals surface area contributed by atoms with Crippen LogP contribution in [0.15, 0.2) is 77.7 Å². The van der Waals surface area contributed by atoms with Gasteiger partial charge >= 0.3 is 0 Å². The number of fused-ring (bicyclic) bond motifs is 1. The number of nitrogens with two attached hydrogens (primary N) is 1. The fourth-order valence-corrected chi connectivity index (χ4v) is 4.17. The standard InChI is InChI=1S/C22H16ClNO4S/c23-19-7-3-1-6-17(19)21-18(13-25)16-5-2-4-8-20(16)28-22(21)14-9-11-15(12-10-14)29(24,26)27/h1-13,18H,(H2,24,26,27). The molecule has 0 aromatic heterocycles. The predicted molar refractivity (Wildman–Crippen MR) is 112 cm³/mol. The summed E-state index contributed by atoms with van der Waals surface area (Å²) in [6.45, 7) is 0. The highest BCUT2D eigenvalue weighted by molar-refractivity contribution is 7.89. The van der Waals surface area contributed by atoms with E-state index in [2.05, 4.69) is 0 Å². The summed E-state index contributed by atoms with van der Waals surface area (Å²) < 4.78 is 29.3. The first-order chi connectivity index (χ1) is 13.9. The van der Waals surface area contributed by atoms with Gasteiger partial charge in [0, 0.05) is 27.3 Å². The maximum absolute atomic E-state index is 12.2. The van der Waals surface area contributed by atoms with Crippen molar-refractivity contribution in [3.63, 3.8) is 0 Å². The lowest BCUT2D eigenvalue weighted by Gasteiger charge is -2.29. The van der Waals surface area contributed by atoms with Gasteiger partial charge in [-0.15, -0.1) is 0 Å². The number of ether oxygens (including phenoxy) is 1. The Bertz CT molecular complexity index is 1230. The van der Waals surface area contributed by atoms with E-state index in [0.29, 0.717) is 33.2 Å². The van der Waals surface area contributed by atoms with Crippen molar-refractivity contribution in [3.8, 4) is 5.75 Å². The zero-order valence-corrected chi connectivity index (χ0v) is 16.7. The lowest BCUT2D eigenvalue weighted by molar-refractivity contribution is -0.108. The molecule has 1 heterocycles. The highest BCUT2D eigenvalue weighted by Crippen LogP contribution is 2.47. The van der Waals surface area contributed by atoms with Crippen LogP contribution in [-0.4, -0.2) is 14.7 Å². The van der Waals surface area contributed by atoms with Crippen LogP contribution in [0.25, 0.3) is 11.3 Å². The predicted octanol–water partition coefficient (Wildman–Crippen LogP) is 4.23. The molecular formula is C22H16ClNO4S. The van der Waals surface area contributed by atoms with Crippen molar-refractivity contribution in [2.24, 2.45) is 5.14 Å². The molecule has 0 amide bonds. The molecule has 0 bridgehead atoms. The molecule has 29 heavy (non-hydrogen) atoms. The second-order valence-electron chi connectivity index (χ2n) is 6.55. The summed E-state index contributed by atoms with van der Waals surface area (Å²) >= 11 is 6.44. The molecule has 0 fully saturated rings. The van der Waals surface area contributed by atoms with E-state index in [4.69, 9.17) is 21.5 Å². The molecule has 7 heteroatoms. The highest BCUT2D eigenvalue weighted by atomic mass is 35.5. The Morgan fingerprint density at radius 3 is 2.24 bits per heavy atom. The van der Waals surface area contributed by atoms with E-state index in [9.17, 15) is 13.2 Å². The molecular weight excluding hydrogens is 410 g/mol. The molecule has 0 saturated heterocycles. The lowest BCUT2D eigenvalue weighted by Crippen LogP contribution is -2.16. The zero-order valence-electron chi connectivity index (χ0n) is 15.1. The second kappa shape index (κ2) is 7.48. The number of hydrogen-bond donors (Lipinski definition) is 1. The normalized spacial score (nSPS) is 16.1. The van der Waals surface area contributed by atoms with Crippen LogP contribution < -0.4 is 9.88 Å². The molecule has 1 unspecified atom stereocenters. The number of sulfonamides is 1. The topological polar surface area (TPSA) is 86.5 Å². The number of aldehydes is 1. The van der Waals surface area contributed by atoms with Crippen molar-refractivity contribution in [1.29, 1.82) is 0 Å². The first-order valence-electron chi connectivity index (χ1n) is 8.74. The highest BCUT2D eigenvalue weighted by Gasteiger charge is 2.32. The number of rotatable bonds is 4. The number of carbonyl (C=O) groups is 1. The molecule has 146 valence electrons. The van der Waals surface area contributed by atoms with Gasteiger partial charge in [-0.3, -0.25) is 0 Å². The monoisotopic (exact) mass is 425 g/mol. The molecule has 0 aliphatic carbocycles. The third-order valence-corrected chi connectivity index (χ3v) is 6.03. The molecule has 3 aromatic carbocycles. The first-order valence-corrected chi connectivity index (χ1v) is 10.7.